The zero-order valence-corrected chi connectivity index (χ0v) is 13.2. The largest absolute Gasteiger partial charge is 0.388 e. The molecule has 2 aliphatic rings. The molecule has 0 radical (unpaired) electrons. The summed E-state index contributed by atoms with van der Waals surface area (Å²) in [6, 6.07) is -0.379. The van der Waals surface area contributed by atoms with Gasteiger partial charge in [-0.15, -0.1) is 24.8 Å². The van der Waals surface area contributed by atoms with Gasteiger partial charge in [0.05, 0.1) is 0 Å². The highest BCUT2D eigenvalue weighted by Crippen LogP contribution is 2.35. The number of fused-ring (bicyclic) bond motifs is 1. The minimum Gasteiger partial charge on any atom is -0.388 e. The Morgan fingerprint density at radius 3 is 2.58 bits per heavy atom. The van der Waals surface area contributed by atoms with Crippen LogP contribution in [-0.4, -0.2) is 65.3 Å². The van der Waals surface area contributed by atoms with E-state index in [1.54, 1.807) is 7.05 Å². The van der Waals surface area contributed by atoms with Crippen LogP contribution in [0.3, 0.4) is 0 Å². The van der Waals surface area contributed by atoms with E-state index in [0.717, 1.165) is 11.7 Å². The molecule has 19 heavy (non-hydrogen) atoms. The molecule has 0 saturated carbocycles. The van der Waals surface area contributed by atoms with E-state index in [4.69, 9.17) is 4.74 Å². The zero-order valence-electron chi connectivity index (χ0n) is 10.8. The Balaban J connectivity index is 0.00000162. The lowest BCUT2D eigenvalue weighted by Gasteiger charge is -2.38. The topological polar surface area (TPSA) is 86.1 Å². The molecule has 0 aromatic rings. The standard InChI is InChI=1S/C10H19N3O3S.2ClH/c1-3-12-4-5-7(14)8(15)6-9(16-5)17-10(11-2)13-6;;/h5-9,12,14-15H,3-4H2,1-2H3,(H,11,13);2*1H/t5-,6-,7-,8-,9-;;/m1../s1. The Bertz CT molecular complexity index is 312. The number of aliphatic hydroxyl groups is 2. The van der Waals surface area contributed by atoms with Crippen molar-refractivity contribution < 1.29 is 14.9 Å². The number of aliphatic hydroxyl groups excluding tert-OH is 2. The first-order valence-corrected chi connectivity index (χ1v) is 6.69. The Labute approximate surface area is 129 Å². The summed E-state index contributed by atoms with van der Waals surface area (Å²) in [6.45, 7) is 3.33. The summed E-state index contributed by atoms with van der Waals surface area (Å²) in [5, 5.41) is 26.8. The van der Waals surface area contributed by atoms with Crippen LogP contribution >= 0.6 is 36.6 Å². The SMILES string of the molecule is CCNC[C@H]1O[C@@H]2SC(NC)=N[C@@H]2[C@@H](O)[C@@H]1O.Cl.Cl. The molecule has 0 aromatic carbocycles. The molecule has 2 aliphatic heterocycles. The highest BCUT2D eigenvalue weighted by atomic mass is 35.5. The molecule has 2 rings (SSSR count). The number of halogens is 2. The number of amidine groups is 1. The highest BCUT2D eigenvalue weighted by molar-refractivity contribution is 8.14. The maximum absolute atomic E-state index is 10.0. The van der Waals surface area contributed by atoms with Crippen LogP contribution in [0.25, 0.3) is 0 Å². The maximum atomic E-state index is 10.0. The quantitative estimate of drug-likeness (QED) is 0.561. The van der Waals surface area contributed by atoms with Crippen LogP contribution in [0, 0.1) is 0 Å². The van der Waals surface area contributed by atoms with Crippen molar-refractivity contribution in [2.45, 2.75) is 36.7 Å². The average Bonchev–Trinajstić information content (AvgIpc) is 2.75. The van der Waals surface area contributed by atoms with E-state index < -0.39 is 12.2 Å². The van der Waals surface area contributed by atoms with Gasteiger partial charge in [-0.25, -0.2) is 0 Å². The van der Waals surface area contributed by atoms with Crippen molar-refractivity contribution in [1.29, 1.82) is 0 Å². The maximum Gasteiger partial charge on any atom is 0.159 e. The van der Waals surface area contributed by atoms with Crippen molar-refractivity contribution in [2.75, 3.05) is 20.1 Å². The summed E-state index contributed by atoms with van der Waals surface area (Å²) >= 11 is 1.46. The molecule has 114 valence electrons. The zero-order chi connectivity index (χ0) is 12.4. The van der Waals surface area contributed by atoms with Crippen LogP contribution < -0.4 is 10.6 Å². The molecule has 0 bridgehead atoms. The third-order valence-electron chi connectivity index (χ3n) is 2.97. The van der Waals surface area contributed by atoms with Gasteiger partial charge >= 0.3 is 0 Å². The fraction of sp³-hybridized carbons (Fsp3) is 0.900. The van der Waals surface area contributed by atoms with Crippen molar-refractivity contribution in [1.82, 2.24) is 10.6 Å². The molecule has 2 heterocycles. The molecule has 0 unspecified atom stereocenters. The summed E-state index contributed by atoms with van der Waals surface area (Å²) in [7, 11) is 1.78. The van der Waals surface area contributed by atoms with Crippen LogP contribution in [0.1, 0.15) is 6.92 Å². The Morgan fingerprint density at radius 1 is 1.32 bits per heavy atom. The molecule has 0 aliphatic carbocycles. The summed E-state index contributed by atoms with van der Waals surface area (Å²) in [5.41, 5.74) is -0.209. The summed E-state index contributed by atoms with van der Waals surface area (Å²) in [6.07, 6.45) is -2.14. The third-order valence-corrected chi connectivity index (χ3v) is 4.13. The fourth-order valence-corrected chi connectivity index (χ4v) is 3.09. The summed E-state index contributed by atoms with van der Waals surface area (Å²) in [5.74, 6) is 0. The van der Waals surface area contributed by atoms with Crippen LogP contribution in [-0.2, 0) is 4.74 Å². The number of nitrogens with zero attached hydrogens (tertiary/aromatic N) is 1. The number of hydrogen-bond acceptors (Lipinski definition) is 7. The van der Waals surface area contributed by atoms with E-state index in [1.165, 1.54) is 11.8 Å². The molecule has 1 saturated heterocycles. The predicted octanol–water partition coefficient (Wildman–Crippen LogP) is -0.423. The lowest BCUT2D eigenvalue weighted by molar-refractivity contribution is -0.150. The molecule has 0 aromatic heterocycles. The van der Waals surface area contributed by atoms with Crippen LogP contribution in [0.4, 0.5) is 0 Å². The van der Waals surface area contributed by atoms with Crippen molar-refractivity contribution in [3.63, 3.8) is 0 Å². The number of likely N-dealkylation sites (N-methyl/N-ethyl adjacent to an activating group) is 1. The van der Waals surface area contributed by atoms with Gasteiger partial charge in [-0.1, -0.05) is 18.7 Å². The number of hydrogen-bond donors (Lipinski definition) is 4. The normalized spacial score (nSPS) is 36.6. The second-order valence-electron chi connectivity index (χ2n) is 4.12. The van der Waals surface area contributed by atoms with E-state index >= 15 is 0 Å². The molecule has 1 fully saturated rings. The number of rotatable bonds is 3. The molecular formula is C10H21Cl2N3O3S. The third kappa shape index (κ3) is 4.10. The van der Waals surface area contributed by atoms with E-state index in [0.29, 0.717) is 6.54 Å². The number of nitrogens with one attached hydrogen (secondary N) is 2. The van der Waals surface area contributed by atoms with Gasteiger partial charge in [0.1, 0.15) is 29.8 Å². The van der Waals surface area contributed by atoms with Gasteiger partial charge in [-0.2, -0.15) is 0 Å². The smallest absolute Gasteiger partial charge is 0.159 e. The number of aliphatic imine (C=N–C) groups is 1. The van der Waals surface area contributed by atoms with Crippen LogP contribution in [0.2, 0.25) is 0 Å². The van der Waals surface area contributed by atoms with Crippen molar-refractivity contribution in [2.24, 2.45) is 4.99 Å². The summed E-state index contributed by atoms with van der Waals surface area (Å²) < 4.78 is 5.76. The molecule has 0 amide bonds. The molecule has 0 spiro atoms. The number of ether oxygens (including phenoxy) is 1. The van der Waals surface area contributed by atoms with Gasteiger partial charge < -0.3 is 25.6 Å². The fourth-order valence-electron chi connectivity index (χ4n) is 2.01. The summed E-state index contributed by atoms with van der Waals surface area (Å²) in [4.78, 5) is 4.29. The van der Waals surface area contributed by atoms with Gasteiger partial charge in [0.25, 0.3) is 0 Å². The highest BCUT2D eigenvalue weighted by Gasteiger charge is 2.47. The predicted molar refractivity (Wildman–Crippen MR) is 81.6 cm³/mol. The molecule has 6 nitrogen and oxygen atoms in total. The van der Waals surface area contributed by atoms with Crippen molar-refractivity contribution >= 4 is 41.7 Å². The molecule has 5 atom stereocenters. The second kappa shape index (κ2) is 8.51. The van der Waals surface area contributed by atoms with Gasteiger partial charge in [0, 0.05) is 13.6 Å². The van der Waals surface area contributed by atoms with Crippen LogP contribution in [0.5, 0.6) is 0 Å². The lowest BCUT2D eigenvalue weighted by Crippen LogP contribution is -2.57. The second-order valence-corrected chi connectivity index (χ2v) is 5.21. The van der Waals surface area contributed by atoms with Crippen LogP contribution in [0.15, 0.2) is 4.99 Å². The van der Waals surface area contributed by atoms with E-state index in [2.05, 4.69) is 15.6 Å². The Morgan fingerprint density at radius 2 is 2.00 bits per heavy atom. The minimum atomic E-state index is -0.893. The first-order chi connectivity index (χ1) is 8.17. The van der Waals surface area contributed by atoms with Crippen molar-refractivity contribution in [3.8, 4) is 0 Å². The van der Waals surface area contributed by atoms with Gasteiger partial charge in [0.2, 0.25) is 0 Å². The monoisotopic (exact) mass is 333 g/mol. The first-order valence-electron chi connectivity index (χ1n) is 5.82. The van der Waals surface area contributed by atoms with E-state index in [1.807, 2.05) is 6.92 Å². The lowest BCUT2D eigenvalue weighted by atomic mass is 9.98. The first kappa shape index (κ1) is 19.2. The average molecular weight is 334 g/mol. The van der Waals surface area contributed by atoms with Gasteiger partial charge in [-0.05, 0) is 6.54 Å². The molecular weight excluding hydrogens is 313 g/mol. The van der Waals surface area contributed by atoms with Gasteiger partial charge in [-0.3, -0.25) is 4.99 Å². The molecule has 9 heteroatoms. The minimum absolute atomic E-state index is 0. The van der Waals surface area contributed by atoms with E-state index in [9.17, 15) is 10.2 Å². The Hall–Kier alpha value is 0.240. The van der Waals surface area contributed by atoms with Crippen molar-refractivity contribution in [3.05, 3.63) is 0 Å². The molecule has 4 N–H and O–H groups in total. The Kier molecular flexibility index (Phi) is 8.62. The van der Waals surface area contributed by atoms with E-state index in [-0.39, 0.29) is 42.4 Å². The number of thioether (sulfide) groups is 1. The van der Waals surface area contributed by atoms with Gasteiger partial charge in [0.15, 0.2) is 5.17 Å².